The minimum Gasteiger partial charge on any atom is -0.368 e. The van der Waals surface area contributed by atoms with Gasteiger partial charge in [0, 0.05) is 62.7 Å². The van der Waals surface area contributed by atoms with Crippen molar-refractivity contribution in [1.82, 2.24) is 14.5 Å². The molecule has 0 bridgehead atoms. The summed E-state index contributed by atoms with van der Waals surface area (Å²) in [4.78, 5) is 19.8. The van der Waals surface area contributed by atoms with Crippen LogP contribution in [-0.4, -0.2) is 87.3 Å². The van der Waals surface area contributed by atoms with Crippen molar-refractivity contribution in [3.8, 4) is 0 Å². The van der Waals surface area contributed by atoms with Gasteiger partial charge in [-0.3, -0.25) is 0 Å². The Morgan fingerprint density at radius 1 is 0.837 bits per heavy atom. The Kier molecular flexibility index (Phi) is 10.1. The Morgan fingerprint density at radius 3 is 1.81 bits per heavy atom. The van der Waals surface area contributed by atoms with Crippen LogP contribution in [0.5, 0.6) is 0 Å². The van der Waals surface area contributed by atoms with E-state index in [0.29, 0.717) is 38.4 Å². The van der Waals surface area contributed by atoms with Crippen LogP contribution in [0.15, 0.2) is 48.5 Å². The lowest BCUT2D eigenvalue weighted by atomic mass is 9.87. The Labute approximate surface area is 260 Å². The molecular formula is C34H53N5O3S. The molecule has 9 heteroatoms. The average molecular weight is 612 g/mol. The van der Waals surface area contributed by atoms with Gasteiger partial charge in [-0.15, -0.1) is 0 Å². The predicted octanol–water partition coefficient (Wildman–Crippen LogP) is 5.65. The van der Waals surface area contributed by atoms with Gasteiger partial charge in [-0.1, -0.05) is 58.9 Å². The lowest BCUT2D eigenvalue weighted by Gasteiger charge is -2.48. The highest BCUT2D eigenvalue weighted by atomic mass is 32.2. The van der Waals surface area contributed by atoms with Crippen LogP contribution in [-0.2, 0) is 15.4 Å². The molecule has 0 spiro atoms. The smallest absolute Gasteiger partial charge is 0.317 e. The van der Waals surface area contributed by atoms with Gasteiger partial charge >= 0.3 is 6.03 Å². The summed E-state index contributed by atoms with van der Waals surface area (Å²) in [5, 5.41) is 2.85. The number of hydrogen-bond donors (Lipinski definition) is 1. The molecule has 2 aliphatic heterocycles. The zero-order valence-electron chi connectivity index (χ0n) is 27.7. The summed E-state index contributed by atoms with van der Waals surface area (Å²) in [7, 11) is -1.73. The van der Waals surface area contributed by atoms with Crippen molar-refractivity contribution >= 4 is 27.4 Å². The molecule has 2 aromatic rings. The van der Waals surface area contributed by atoms with E-state index in [0.717, 1.165) is 17.9 Å². The summed E-state index contributed by atoms with van der Waals surface area (Å²) < 4.78 is 27.8. The number of amides is 2. The first-order valence-electron chi connectivity index (χ1n) is 15.8. The molecule has 0 saturated carbocycles. The molecular weight excluding hydrogens is 558 g/mol. The van der Waals surface area contributed by atoms with E-state index in [1.165, 1.54) is 17.4 Å². The molecule has 2 fully saturated rings. The standard InChI is InChI=1S/C34H53N5O3S/c1-24(2)27-10-14-29(15-11-27)37-21-26(4)39(43(9,41)42)32(23-37)19-18-31-22-36(20-25(3)38(31)33(40)35-8)30-16-12-28(13-17-30)34(5,6)7/h10-17,24-26,31-32H,18-23H2,1-9H3,(H,35,40). The van der Waals surface area contributed by atoms with Gasteiger partial charge < -0.3 is 20.0 Å². The highest BCUT2D eigenvalue weighted by Gasteiger charge is 2.40. The van der Waals surface area contributed by atoms with Crippen molar-refractivity contribution in [3.63, 3.8) is 0 Å². The number of benzene rings is 2. The van der Waals surface area contributed by atoms with E-state index < -0.39 is 10.0 Å². The van der Waals surface area contributed by atoms with Gasteiger partial charge in [-0.25, -0.2) is 13.2 Å². The number of piperazine rings is 2. The molecule has 2 heterocycles. The second-order valence-electron chi connectivity index (χ2n) is 14.0. The highest BCUT2D eigenvalue weighted by molar-refractivity contribution is 7.88. The second-order valence-corrected chi connectivity index (χ2v) is 15.9. The van der Waals surface area contributed by atoms with Crippen molar-refractivity contribution in [1.29, 1.82) is 0 Å². The zero-order chi connectivity index (χ0) is 31.7. The maximum atomic E-state index is 13.1. The average Bonchev–Trinajstić information content (AvgIpc) is 2.94. The number of anilines is 2. The molecule has 2 aliphatic rings. The van der Waals surface area contributed by atoms with Crippen LogP contribution in [0, 0.1) is 0 Å². The molecule has 43 heavy (non-hydrogen) atoms. The fraction of sp³-hybridized carbons (Fsp3) is 0.618. The number of hydrogen-bond acceptors (Lipinski definition) is 5. The van der Waals surface area contributed by atoms with Gasteiger partial charge in [0.05, 0.1) is 12.3 Å². The Hall–Kier alpha value is -2.78. The van der Waals surface area contributed by atoms with Crippen molar-refractivity contribution in [2.45, 2.75) is 96.8 Å². The zero-order valence-corrected chi connectivity index (χ0v) is 28.5. The summed E-state index contributed by atoms with van der Waals surface area (Å²) in [6.45, 7) is 17.9. The quantitative estimate of drug-likeness (QED) is 0.438. The molecule has 0 radical (unpaired) electrons. The molecule has 4 rings (SSSR count). The largest absolute Gasteiger partial charge is 0.368 e. The summed E-state index contributed by atoms with van der Waals surface area (Å²) in [5.41, 5.74) is 4.94. The lowest BCUT2D eigenvalue weighted by molar-refractivity contribution is 0.123. The van der Waals surface area contributed by atoms with E-state index in [9.17, 15) is 13.2 Å². The Bertz CT molecular complexity index is 1340. The molecule has 238 valence electrons. The van der Waals surface area contributed by atoms with Crippen LogP contribution in [0.1, 0.15) is 78.4 Å². The van der Waals surface area contributed by atoms with Crippen molar-refractivity contribution in [2.75, 3.05) is 49.3 Å². The first kappa shape index (κ1) is 33.1. The summed E-state index contributed by atoms with van der Waals surface area (Å²) in [6.07, 6.45) is 2.70. The van der Waals surface area contributed by atoms with E-state index in [-0.39, 0.29) is 35.6 Å². The SMILES string of the molecule is CNC(=O)N1C(C)CN(c2ccc(C(C)(C)C)cc2)CC1CCC1CN(c2ccc(C(C)C)cc2)CC(C)N1S(C)(=O)=O. The van der Waals surface area contributed by atoms with E-state index in [4.69, 9.17) is 0 Å². The van der Waals surface area contributed by atoms with Crippen molar-refractivity contribution < 1.29 is 13.2 Å². The van der Waals surface area contributed by atoms with Crippen LogP contribution in [0.2, 0.25) is 0 Å². The Balaban J connectivity index is 1.57. The number of rotatable bonds is 7. The first-order chi connectivity index (χ1) is 20.1. The van der Waals surface area contributed by atoms with E-state index >= 15 is 0 Å². The van der Waals surface area contributed by atoms with Crippen LogP contribution in [0.3, 0.4) is 0 Å². The van der Waals surface area contributed by atoms with Gasteiger partial charge in [0.25, 0.3) is 0 Å². The van der Waals surface area contributed by atoms with Crippen molar-refractivity contribution in [2.24, 2.45) is 0 Å². The number of nitrogens with one attached hydrogen (secondary N) is 1. The second kappa shape index (κ2) is 13.1. The maximum Gasteiger partial charge on any atom is 0.317 e. The Morgan fingerprint density at radius 2 is 1.33 bits per heavy atom. The monoisotopic (exact) mass is 611 g/mol. The third-order valence-corrected chi connectivity index (χ3v) is 10.6. The molecule has 1 N–H and O–H groups in total. The fourth-order valence-corrected chi connectivity index (χ4v) is 8.38. The van der Waals surface area contributed by atoms with Crippen molar-refractivity contribution in [3.05, 3.63) is 59.7 Å². The summed E-state index contributed by atoms with van der Waals surface area (Å²) >= 11 is 0. The van der Waals surface area contributed by atoms with Crippen LogP contribution < -0.4 is 15.1 Å². The number of sulfonamides is 1. The van der Waals surface area contributed by atoms with Gasteiger partial charge in [-0.05, 0) is 73.4 Å². The summed E-state index contributed by atoms with van der Waals surface area (Å²) in [5.74, 6) is 0.458. The van der Waals surface area contributed by atoms with Gasteiger partial charge in [0.1, 0.15) is 0 Å². The number of carbonyl (C=O) groups is 1. The molecule has 8 nitrogen and oxygen atoms in total. The van der Waals surface area contributed by atoms with E-state index in [2.05, 4.69) is 105 Å². The highest BCUT2D eigenvalue weighted by Crippen LogP contribution is 2.32. The third kappa shape index (κ3) is 7.66. The minimum atomic E-state index is -3.41. The van der Waals surface area contributed by atoms with E-state index in [1.54, 1.807) is 11.4 Å². The van der Waals surface area contributed by atoms with Gasteiger partial charge in [-0.2, -0.15) is 4.31 Å². The molecule has 4 unspecified atom stereocenters. The maximum absolute atomic E-state index is 13.1. The molecule has 0 aliphatic carbocycles. The molecule has 4 atom stereocenters. The summed E-state index contributed by atoms with van der Waals surface area (Å²) in [6, 6.07) is 17.0. The van der Waals surface area contributed by atoms with Crippen LogP contribution >= 0.6 is 0 Å². The lowest BCUT2D eigenvalue weighted by Crippen LogP contribution is -2.63. The third-order valence-electron chi connectivity index (χ3n) is 9.18. The normalized spacial score (nSPS) is 24.0. The molecule has 2 amide bonds. The number of carbonyl (C=O) groups excluding carboxylic acids is 1. The number of nitrogens with zero attached hydrogens (tertiary/aromatic N) is 4. The van der Waals surface area contributed by atoms with Gasteiger partial charge in [0.15, 0.2) is 0 Å². The molecule has 2 saturated heterocycles. The topological polar surface area (TPSA) is 76.2 Å². The predicted molar refractivity (Wildman–Crippen MR) is 179 cm³/mol. The first-order valence-corrected chi connectivity index (χ1v) is 17.6. The van der Waals surface area contributed by atoms with E-state index in [1.807, 2.05) is 11.8 Å². The van der Waals surface area contributed by atoms with Crippen LogP contribution in [0.4, 0.5) is 16.2 Å². The molecule has 2 aromatic carbocycles. The number of urea groups is 1. The fourth-order valence-electron chi connectivity index (χ4n) is 6.94. The van der Waals surface area contributed by atoms with Gasteiger partial charge in [0.2, 0.25) is 10.0 Å². The van der Waals surface area contributed by atoms with Crippen LogP contribution in [0.25, 0.3) is 0 Å². The molecule has 0 aromatic heterocycles. The minimum absolute atomic E-state index is 0.00764.